The Balaban J connectivity index is 1.62. The highest BCUT2D eigenvalue weighted by Gasteiger charge is 2.07. The molecule has 0 fully saturated rings. The Kier molecular flexibility index (Phi) is 11.4. The fourth-order valence-electron chi connectivity index (χ4n) is 3.34. The SMILES string of the molecule is C/C=C/COc1cc(C)c(OCCCCCOCc2ccc(/C(C)=N/OC)cc2)c(C)c1. The second-order valence-electron chi connectivity index (χ2n) is 7.78. The van der Waals surface area contributed by atoms with Gasteiger partial charge in [0, 0.05) is 6.61 Å². The van der Waals surface area contributed by atoms with Gasteiger partial charge in [0.05, 0.1) is 18.9 Å². The molecule has 0 aliphatic carbocycles. The summed E-state index contributed by atoms with van der Waals surface area (Å²) in [4.78, 5) is 4.81. The van der Waals surface area contributed by atoms with E-state index in [4.69, 9.17) is 19.0 Å². The van der Waals surface area contributed by atoms with E-state index in [0.29, 0.717) is 19.8 Å². The first-order valence-corrected chi connectivity index (χ1v) is 11.3. The summed E-state index contributed by atoms with van der Waals surface area (Å²) in [5.41, 5.74) is 5.29. The summed E-state index contributed by atoms with van der Waals surface area (Å²) < 4.78 is 17.6. The van der Waals surface area contributed by atoms with Crippen LogP contribution in [0.4, 0.5) is 0 Å². The molecule has 0 heterocycles. The number of unbranched alkanes of at least 4 members (excludes halogenated alkanes) is 2. The van der Waals surface area contributed by atoms with Gasteiger partial charge in [-0.2, -0.15) is 0 Å². The van der Waals surface area contributed by atoms with Crippen LogP contribution in [0.25, 0.3) is 0 Å². The van der Waals surface area contributed by atoms with Crippen LogP contribution in [0.3, 0.4) is 0 Å². The van der Waals surface area contributed by atoms with E-state index in [0.717, 1.165) is 65.3 Å². The van der Waals surface area contributed by atoms with Crippen molar-refractivity contribution in [1.29, 1.82) is 0 Å². The number of ether oxygens (including phenoxy) is 3. The minimum atomic E-state index is 0.589. The Labute approximate surface area is 193 Å². The molecule has 0 aromatic heterocycles. The Morgan fingerprint density at radius 1 is 0.938 bits per heavy atom. The van der Waals surface area contributed by atoms with Crippen LogP contribution < -0.4 is 9.47 Å². The molecule has 0 saturated heterocycles. The number of hydrogen-bond acceptors (Lipinski definition) is 5. The summed E-state index contributed by atoms with van der Waals surface area (Å²) in [6.45, 7) is 10.7. The second-order valence-corrected chi connectivity index (χ2v) is 7.78. The average Bonchev–Trinajstić information content (AvgIpc) is 2.78. The lowest BCUT2D eigenvalue weighted by molar-refractivity contribution is 0.116. The topological polar surface area (TPSA) is 49.3 Å². The van der Waals surface area contributed by atoms with Gasteiger partial charge in [-0.25, -0.2) is 0 Å². The number of allylic oxidation sites excluding steroid dienone is 1. The molecule has 0 unspecified atom stereocenters. The molecule has 0 atom stereocenters. The van der Waals surface area contributed by atoms with Gasteiger partial charge in [-0.15, -0.1) is 0 Å². The summed E-state index contributed by atoms with van der Waals surface area (Å²) >= 11 is 0. The Hall–Kier alpha value is -2.79. The lowest BCUT2D eigenvalue weighted by Crippen LogP contribution is -2.03. The molecule has 2 aromatic carbocycles. The number of nitrogens with zero attached hydrogens (tertiary/aromatic N) is 1. The van der Waals surface area contributed by atoms with Gasteiger partial charge in [-0.05, 0) is 81.3 Å². The van der Waals surface area contributed by atoms with Crippen molar-refractivity contribution < 1.29 is 19.0 Å². The maximum atomic E-state index is 6.04. The van der Waals surface area contributed by atoms with Gasteiger partial charge in [0.15, 0.2) is 0 Å². The van der Waals surface area contributed by atoms with Crippen molar-refractivity contribution in [2.45, 2.75) is 53.6 Å². The van der Waals surface area contributed by atoms with Crippen LogP contribution in [0.5, 0.6) is 11.5 Å². The van der Waals surface area contributed by atoms with Gasteiger partial charge in [-0.3, -0.25) is 0 Å². The molecule has 0 spiro atoms. The quantitative estimate of drug-likeness (QED) is 0.148. The van der Waals surface area contributed by atoms with Gasteiger partial charge in [-0.1, -0.05) is 41.6 Å². The smallest absolute Gasteiger partial charge is 0.125 e. The van der Waals surface area contributed by atoms with Gasteiger partial charge in [0.2, 0.25) is 0 Å². The molecule has 5 nitrogen and oxygen atoms in total. The third-order valence-corrected chi connectivity index (χ3v) is 5.06. The summed E-state index contributed by atoms with van der Waals surface area (Å²) in [6, 6.07) is 12.3. The Bertz CT molecular complexity index is 849. The van der Waals surface area contributed by atoms with E-state index < -0.39 is 0 Å². The zero-order valence-electron chi connectivity index (χ0n) is 20.1. The van der Waals surface area contributed by atoms with Crippen LogP contribution in [-0.2, 0) is 16.2 Å². The third-order valence-electron chi connectivity index (χ3n) is 5.06. The normalized spacial score (nSPS) is 11.7. The van der Waals surface area contributed by atoms with E-state index in [1.54, 1.807) is 7.11 Å². The molecule has 5 heteroatoms. The van der Waals surface area contributed by atoms with Crippen molar-refractivity contribution >= 4 is 5.71 Å². The maximum absolute atomic E-state index is 6.04. The largest absolute Gasteiger partial charge is 0.493 e. The molecule has 32 heavy (non-hydrogen) atoms. The van der Waals surface area contributed by atoms with Gasteiger partial charge >= 0.3 is 0 Å². The molecular formula is C27H37NO4. The fourth-order valence-corrected chi connectivity index (χ4v) is 3.34. The van der Waals surface area contributed by atoms with E-state index >= 15 is 0 Å². The summed E-state index contributed by atoms with van der Waals surface area (Å²) in [6.07, 6.45) is 7.09. The zero-order valence-corrected chi connectivity index (χ0v) is 20.1. The molecule has 0 amide bonds. The number of oxime groups is 1. The maximum Gasteiger partial charge on any atom is 0.125 e. The van der Waals surface area contributed by atoms with Crippen LogP contribution in [0, 0.1) is 13.8 Å². The molecular weight excluding hydrogens is 402 g/mol. The average molecular weight is 440 g/mol. The van der Waals surface area contributed by atoms with Crippen molar-refractivity contribution in [2.24, 2.45) is 5.16 Å². The van der Waals surface area contributed by atoms with Crippen molar-refractivity contribution in [3.05, 3.63) is 70.8 Å². The standard InChI is InChI=1S/C27H37NO4/c1-6-7-16-31-26-18-21(2)27(22(3)19-26)32-17-10-8-9-15-30-20-24-11-13-25(14-12-24)23(4)28-29-5/h6-7,11-14,18-19H,8-10,15-17,20H2,1-5H3/b7-6+,28-23+. The number of rotatable bonds is 14. The minimum absolute atomic E-state index is 0.589. The zero-order chi connectivity index (χ0) is 23.2. The van der Waals surface area contributed by atoms with E-state index in [2.05, 4.69) is 31.1 Å². The molecule has 0 aliphatic heterocycles. The monoisotopic (exact) mass is 439 g/mol. The summed E-state index contributed by atoms with van der Waals surface area (Å²) in [5.74, 6) is 1.85. The summed E-state index contributed by atoms with van der Waals surface area (Å²) in [7, 11) is 1.56. The Morgan fingerprint density at radius 3 is 2.28 bits per heavy atom. The first-order chi connectivity index (χ1) is 15.5. The number of hydrogen-bond donors (Lipinski definition) is 0. The van der Waals surface area contributed by atoms with Crippen molar-refractivity contribution in [2.75, 3.05) is 26.9 Å². The predicted molar refractivity (Wildman–Crippen MR) is 131 cm³/mol. The molecule has 2 aromatic rings. The highest BCUT2D eigenvalue weighted by atomic mass is 16.6. The molecule has 0 aliphatic rings. The molecule has 0 saturated carbocycles. The van der Waals surface area contributed by atoms with E-state index in [9.17, 15) is 0 Å². The molecule has 174 valence electrons. The van der Waals surface area contributed by atoms with Gasteiger partial charge < -0.3 is 19.0 Å². The second kappa shape index (κ2) is 14.3. The van der Waals surface area contributed by atoms with Crippen LogP contribution in [-0.4, -0.2) is 32.6 Å². The van der Waals surface area contributed by atoms with Crippen molar-refractivity contribution in [3.63, 3.8) is 0 Å². The van der Waals surface area contributed by atoms with E-state index in [-0.39, 0.29) is 0 Å². The van der Waals surface area contributed by atoms with E-state index in [1.807, 2.05) is 50.3 Å². The van der Waals surface area contributed by atoms with Gasteiger partial charge in [0.1, 0.15) is 25.2 Å². The third kappa shape index (κ3) is 8.75. The highest BCUT2D eigenvalue weighted by Crippen LogP contribution is 2.28. The molecule has 0 radical (unpaired) electrons. The van der Waals surface area contributed by atoms with Gasteiger partial charge in [0.25, 0.3) is 0 Å². The minimum Gasteiger partial charge on any atom is -0.493 e. The summed E-state index contributed by atoms with van der Waals surface area (Å²) in [5, 5.41) is 3.95. The number of benzene rings is 2. The first-order valence-electron chi connectivity index (χ1n) is 11.3. The highest BCUT2D eigenvalue weighted by molar-refractivity contribution is 5.98. The van der Waals surface area contributed by atoms with Crippen molar-refractivity contribution in [1.82, 2.24) is 0 Å². The first kappa shape index (κ1) is 25.5. The predicted octanol–water partition coefficient (Wildman–Crippen LogP) is 6.39. The van der Waals surface area contributed by atoms with E-state index in [1.165, 1.54) is 0 Å². The fraction of sp³-hybridized carbons (Fsp3) is 0.444. The van der Waals surface area contributed by atoms with Crippen LogP contribution in [0.1, 0.15) is 55.4 Å². The molecule has 2 rings (SSSR count). The van der Waals surface area contributed by atoms with Crippen LogP contribution >= 0.6 is 0 Å². The lowest BCUT2D eigenvalue weighted by atomic mass is 10.1. The van der Waals surface area contributed by atoms with Crippen molar-refractivity contribution in [3.8, 4) is 11.5 Å². The lowest BCUT2D eigenvalue weighted by Gasteiger charge is -2.14. The van der Waals surface area contributed by atoms with Crippen LogP contribution in [0.2, 0.25) is 0 Å². The van der Waals surface area contributed by atoms with Crippen LogP contribution in [0.15, 0.2) is 53.7 Å². The molecule has 0 bridgehead atoms. The molecule has 0 N–H and O–H groups in total. The number of aryl methyl sites for hydroxylation is 2. The Morgan fingerprint density at radius 2 is 1.62 bits per heavy atom.